The smallest absolute Gasteiger partial charge is 0.120 e. The summed E-state index contributed by atoms with van der Waals surface area (Å²) in [5.74, 6) is 0.868. The van der Waals surface area contributed by atoms with E-state index >= 15 is 0 Å². The van der Waals surface area contributed by atoms with Gasteiger partial charge in [0.15, 0.2) is 0 Å². The first kappa shape index (κ1) is 11.9. The lowest BCUT2D eigenvalue weighted by Crippen LogP contribution is -2.47. The zero-order valence-electron chi connectivity index (χ0n) is 9.95. The van der Waals surface area contributed by atoms with Crippen molar-refractivity contribution >= 4 is 5.69 Å². The molecule has 2 N–H and O–H groups in total. The van der Waals surface area contributed by atoms with Crippen molar-refractivity contribution in [1.82, 2.24) is 0 Å². The molecule has 15 heavy (non-hydrogen) atoms. The Bertz CT molecular complexity index is 323. The summed E-state index contributed by atoms with van der Waals surface area (Å²) in [4.78, 5) is 2.16. The van der Waals surface area contributed by atoms with Crippen molar-refractivity contribution in [3.8, 4) is 5.75 Å². The number of hydrogen-bond donors (Lipinski definition) is 1. The molecule has 0 aliphatic heterocycles. The molecule has 0 heterocycles. The topological polar surface area (TPSA) is 38.5 Å². The van der Waals surface area contributed by atoms with Crippen LogP contribution in [0.2, 0.25) is 0 Å². The minimum absolute atomic E-state index is 0.0492. The summed E-state index contributed by atoms with van der Waals surface area (Å²) in [5.41, 5.74) is 6.81. The van der Waals surface area contributed by atoms with Crippen LogP contribution in [0.15, 0.2) is 24.3 Å². The van der Waals surface area contributed by atoms with Gasteiger partial charge in [0.25, 0.3) is 0 Å². The Kier molecular flexibility index (Phi) is 3.58. The summed E-state index contributed by atoms with van der Waals surface area (Å²) in [6, 6.07) is 7.99. The Morgan fingerprint density at radius 1 is 1.40 bits per heavy atom. The van der Waals surface area contributed by atoms with Crippen molar-refractivity contribution in [2.24, 2.45) is 5.73 Å². The van der Waals surface area contributed by atoms with Gasteiger partial charge in [0, 0.05) is 30.9 Å². The minimum Gasteiger partial charge on any atom is -0.497 e. The molecule has 1 aromatic carbocycles. The molecule has 0 saturated heterocycles. The van der Waals surface area contributed by atoms with Gasteiger partial charge in [0.05, 0.1) is 7.11 Å². The normalized spacial score (nSPS) is 11.3. The first-order chi connectivity index (χ1) is 7.01. The van der Waals surface area contributed by atoms with E-state index in [0.717, 1.165) is 11.4 Å². The third-order valence-electron chi connectivity index (χ3n) is 2.85. The number of likely N-dealkylation sites (N-methyl/N-ethyl adjacent to an activating group) is 1. The van der Waals surface area contributed by atoms with Gasteiger partial charge in [-0.3, -0.25) is 0 Å². The third kappa shape index (κ3) is 2.63. The monoisotopic (exact) mass is 208 g/mol. The molecule has 0 aromatic heterocycles. The summed E-state index contributed by atoms with van der Waals surface area (Å²) < 4.78 is 5.19. The quantitative estimate of drug-likeness (QED) is 0.821. The highest BCUT2D eigenvalue weighted by Gasteiger charge is 2.21. The molecule has 0 aliphatic carbocycles. The van der Waals surface area contributed by atoms with Gasteiger partial charge in [-0.05, 0) is 26.0 Å². The zero-order valence-corrected chi connectivity index (χ0v) is 9.95. The molecule has 0 radical (unpaired) electrons. The number of methoxy groups -OCH3 is 1. The van der Waals surface area contributed by atoms with Gasteiger partial charge in [-0.2, -0.15) is 0 Å². The van der Waals surface area contributed by atoms with Gasteiger partial charge in [-0.25, -0.2) is 0 Å². The van der Waals surface area contributed by atoms with Crippen molar-refractivity contribution < 1.29 is 4.74 Å². The summed E-state index contributed by atoms with van der Waals surface area (Å²) in [6.07, 6.45) is 0. The summed E-state index contributed by atoms with van der Waals surface area (Å²) in [5, 5.41) is 0. The molecule has 0 bridgehead atoms. The SMILES string of the molecule is COc1cccc(N(C)C(C)(C)CN)c1. The summed E-state index contributed by atoms with van der Waals surface area (Å²) in [7, 11) is 3.72. The predicted octanol–water partition coefficient (Wildman–Crippen LogP) is 1.87. The van der Waals surface area contributed by atoms with Crippen LogP contribution in [0, 0.1) is 0 Å². The maximum absolute atomic E-state index is 5.74. The Morgan fingerprint density at radius 3 is 2.60 bits per heavy atom. The highest BCUT2D eigenvalue weighted by molar-refractivity contribution is 5.52. The maximum atomic E-state index is 5.74. The van der Waals surface area contributed by atoms with Crippen molar-refractivity contribution in [1.29, 1.82) is 0 Å². The number of anilines is 1. The lowest BCUT2D eigenvalue weighted by Gasteiger charge is -2.36. The number of ether oxygens (including phenoxy) is 1. The predicted molar refractivity (Wildman–Crippen MR) is 64.5 cm³/mol. The van der Waals surface area contributed by atoms with Crippen LogP contribution in [0.1, 0.15) is 13.8 Å². The molecule has 3 heteroatoms. The largest absolute Gasteiger partial charge is 0.497 e. The Morgan fingerprint density at radius 2 is 2.07 bits per heavy atom. The molecule has 0 aliphatic rings. The molecule has 0 amide bonds. The standard InChI is InChI=1S/C12H20N2O/c1-12(2,9-13)14(3)10-6-5-7-11(8-10)15-4/h5-8H,9,13H2,1-4H3. The van der Waals surface area contributed by atoms with Crippen LogP contribution in [0.25, 0.3) is 0 Å². The van der Waals surface area contributed by atoms with E-state index in [9.17, 15) is 0 Å². The van der Waals surface area contributed by atoms with E-state index in [4.69, 9.17) is 10.5 Å². The van der Waals surface area contributed by atoms with Gasteiger partial charge in [0.1, 0.15) is 5.75 Å². The van der Waals surface area contributed by atoms with Crippen LogP contribution in [-0.4, -0.2) is 26.2 Å². The first-order valence-electron chi connectivity index (χ1n) is 5.09. The molecule has 0 atom stereocenters. The van der Waals surface area contributed by atoms with Crippen molar-refractivity contribution in [2.75, 3.05) is 25.6 Å². The maximum Gasteiger partial charge on any atom is 0.120 e. The Balaban J connectivity index is 2.95. The van der Waals surface area contributed by atoms with E-state index in [1.807, 2.05) is 25.2 Å². The lowest BCUT2D eigenvalue weighted by molar-refractivity contribution is 0.414. The fourth-order valence-electron chi connectivity index (χ4n) is 1.31. The van der Waals surface area contributed by atoms with Gasteiger partial charge < -0.3 is 15.4 Å². The molecule has 84 valence electrons. The second-order valence-electron chi connectivity index (χ2n) is 4.28. The van der Waals surface area contributed by atoms with E-state index in [-0.39, 0.29) is 5.54 Å². The number of nitrogens with two attached hydrogens (primary N) is 1. The fraction of sp³-hybridized carbons (Fsp3) is 0.500. The van der Waals surface area contributed by atoms with Crippen LogP contribution in [0.5, 0.6) is 5.75 Å². The van der Waals surface area contributed by atoms with Crippen molar-refractivity contribution in [2.45, 2.75) is 19.4 Å². The number of nitrogens with zero attached hydrogens (tertiary/aromatic N) is 1. The fourth-order valence-corrected chi connectivity index (χ4v) is 1.31. The Labute approximate surface area is 91.8 Å². The summed E-state index contributed by atoms with van der Waals surface area (Å²) >= 11 is 0. The van der Waals surface area contributed by atoms with E-state index in [2.05, 4.69) is 24.8 Å². The number of benzene rings is 1. The molecule has 0 saturated carbocycles. The van der Waals surface area contributed by atoms with E-state index in [0.29, 0.717) is 6.54 Å². The van der Waals surface area contributed by atoms with Crippen molar-refractivity contribution in [3.05, 3.63) is 24.3 Å². The van der Waals surface area contributed by atoms with Crippen molar-refractivity contribution in [3.63, 3.8) is 0 Å². The molecule has 0 spiro atoms. The minimum atomic E-state index is -0.0492. The molecular weight excluding hydrogens is 188 g/mol. The number of hydrogen-bond acceptors (Lipinski definition) is 3. The van der Waals surface area contributed by atoms with Crippen LogP contribution in [0.4, 0.5) is 5.69 Å². The second-order valence-corrected chi connectivity index (χ2v) is 4.28. The molecule has 1 rings (SSSR count). The zero-order chi connectivity index (χ0) is 11.5. The second kappa shape index (κ2) is 4.53. The highest BCUT2D eigenvalue weighted by Crippen LogP contribution is 2.25. The van der Waals surface area contributed by atoms with Crippen LogP contribution < -0.4 is 15.4 Å². The van der Waals surface area contributed by atoms with E-state index < -0.39 is 0 Å². The summed E-state index contributed by atoms with van der Waals surface area (Å²) in [6.45, 7) is 4.85. The van der Waals surface area contributed by atoms with Gasteiger partial charge in [-0.15, -0.1) is 0 Å². The van der Waals surface area contributed by atoms with E-state index in [1.165, 1.54) is 0 Å². The van der Waals surface area contributed by atoms with Gasteiger partial charge in [0.2, 0.25) is 0 Å². The first-order valence-corrected chi connectivity index (χ1v) is 5.09. The average molecular weight is 208 g/mol. The highest BCUT2D eigenvalue weighted by atomic mass is 16.5. The van der Waals surface area contributed by atoms with Crippen LogP contribution in [-0.2, 0) is 0 Å². The third-order valence-corrected chi connectivity index (χ3v) is 2.85. The molecule has 3 nitrogen and oxygen atoms in total. The van der Waals surface area contributed by atoms with Crippen LogP contribution >= 0.6 is 0 Å². The Hall–Kier alpha value is -1.22. The average Bonchev–Trinajstić information content (AvgIpc) is 2.28. The van der Waals surface area contributed by atoms with Gasteiger partial charge >= 0.3 is 0 Å². The molecule has 0 fully saturated rings. The number of rotatable bonds is 4. The molecule has 1 aromatic rings. The lowest BCUT2D eigenvalue weighted by atomic mass is 10.0. The van der Waals surface area contributed by atoms with Crippen LogP contribution in [0.3, 0.4) is 0 Å². The molecular formula is C12H20N2O. The van der Waals surface area contributed by atoms with Gasteiger partial charge in [-0.1, -0.05) is 6.07 Å². The molecule has 0 unspecified atom stereocenters. The van der Waals surface area contributed by atoms with E-state index in [1.54, 1.807) is 7.11 Å².